The lowest BCUT2D eigenvalue weighted by Gasteiger charge is -2.21. The first-order valence-corrected chi connectivity index (χ1v) is 9.64. The van der Waals surface area contributed by atoms with E-state index in [1.165, 1.54) is 55.5 Å². The van der Waals surface area contributed by atoms with Crippen LogP contribution < -0.4 is 30.8 Å². The summed E-state index contributed by atoms with van der Waals surface area (Å²) in [7, 11) is 8.04. The average molecular weight is 440 g/mol. The number of benzene rings is 2. The molecule has 3 rings (SSSR count). The maximum atomic E-state index is 13.0. The fourth-order valence-electron chi connectivity index (χ4n) is 3.32. The molecule has 0 spiro atoms. The number of anilines is 2. The van der Waals surface area contributed by atoms with Crippen LogP contribution >= 0.6 is 0 Å². The van der Waals surface area contributed by atoms with Crippen molar-refractivity contribution in [3.05, 3.63) is 56.6 Å². The highest BCUT2D eigenvalue weighted by molar-refractivity contribution is 6.07. The highest BCUT2D eigenvalue weighted by Crippen LogP contribution is 2.31. The molecule has 0 radical (unpaired) electrons. The minimum absolute atomic E-state index is 0.201. The third-order valence-electron chi connectivity index (χ3n) is 5.02. The molecule has 1 N–H and O–H groups in total. The van der Waals surface area contributed by atoms with Crippen LogP contribution in [0.3, 0.4) is 0 Å². The van der Waals surface area contributed by atoms with Gasteiger partial charge in [-0.05, 0) is 30.3 Å². The van der Waals surface area contributed by atoms with Crippen molar-refractivity contribution in [1.82, 2.24) is 9.13 Å². The van der Waals surface area contributed by atoms with Crippen molar-refractivity contribution in [1.29, 1.82) is 0 Å². The number of aryl methyl sites for hydroxylation is 2. The molecule has 0 fully saturated rings. The molecule has 1 aromatic heterocycles. The van der Waals surface area contributed by atoms with Crippen molar-refractivity contribution in [3.63, 3.8) is 0 Å². The largest absolute Gasteiger partial charge is 0.493 e. The van der Waals surface area contributed by atoms with Gasteiger partial charge >= 0.3 is 17.1 Å². The van der Waals surface area contributed by atoms with Crippen LogP contribution in [0.25, 0.3) is 11.0 Å². The summed E-state index contributed by atoms with van der Waals surface area (Å²) in [5, 5.41) is 2.85. The van der Waals surface area contributed by atoms with Gasteiger partial charge in [0.2, 0.25) is 0 Å². The molecule has 0 saturated heterocycles. The van der Waals surface area contributed by atoms with Gasteiger partial charge in [-0.15, -0.1) is 0 Å². The van der Waals surface area contributed by atoms with Gasteiger partial charge in [-0.2, -0.15) is 0 Å². The lowest BCUT2D eigenvalue weighted by molar-refractivity contribution is -0.132. The summed E-state index contributed by atoms with van der Waals surface area (Å²) in [6, 6.07) is 7.82. The smallest absolute Gasteiger partial charge is 0.316 e. The second kappa shape index (κ2) is 8.58. The Bertz CT molecular complexity index is 1350. The van der Waals surface area contributed by atoms with Gasteiger partial charge in [-0.25, -0.2) is 0 Å². The molecule has 0 bridgehead atoms. The van der Waals surface area contributed by atoms with Crippen LogP contribution in [-0.2, 0) is 18.9 Å². The SMILES string of the molecule is COc1cc(C(=O)Nc2cc3c(cc2N(C)C)n(C)c(=O)c(=O)n3C)ccc1OC(C)=O. The zero-order chi connectivity index (χ0) is 23.7. The summed E-state index contributed by atoms with van der Waals surface area (Å²) in [6.45, 7) is 1.27. The van der Waals surface area contributed by atoms with Gasteiger partial charge < -0.3 is 28.8 Å². The molecule has 1 amide bonds. The Morgan fingerprint density at radius 3 is 2.06 bits per heavy atom. The van der Waals surface area contributed by atoms with Crippen LogP contribution in [0, 0.1) is 0 Å². The molecular formula is C22H24N4O6. The molecule has 10 nitrogen and oxygen atoms in total. The minimum atomic E-state index is -0.666. The van der Waals surface area contributed by atoms with E-state index < -0.39 is 23.0 Å². The molecule has 168 valence electrons. The predicted octanol–water partition coefficient (Wildman–Crippen LogP) is 1.49. The summed E-state index contributed by atoms with van der Waals surface area (Å²) in [5.74, 6) is -0.508. The monoisotopic (exact) mass is 440 g/mol. The molecule has 1 heterocycles. The van der Waals surface area contributed by atoms with Gasteiger partial charge in [0.05, 0.1) is 29.5 Å². The number of rotatable bonds is 5. The van der Waals surface area contributed by atoms with Gasteiger partial charge in [-0.1, -0.05) is 0 Å². The van der Waals surface area contributed by atoms with Crippen molar-refractivity contribution >= 4 is 34.3 Å². The molecule has 0 aliphatic carbocycles. The third kappa shape index (κ3) is 4.07. The van der Waals surface area contributed by atoms with E-state index in [9.17, 15) is 19.2 Å². The Hall–Kier alpha value is -4.08. The second-order valence-corrected chi connectivity index (χ2v) is 7.39. The standard InChI is InChI=1S/C22H24N4O6/c1-12(27)32-18-8-7-13(9-19(18)31-6)20(28)23-14-10-16-17(11-15(14)24(2)3)26(5)22(30)21(29)25(16)4/h7-11H,1-6H3,(H,23,28). The summed E-state index contributed by atoms with van der Waals surface area (Å²) in [5.41, 5.74) is 1.10. The van der Waals surface area contributed by atoms with Crippen molar-refractivity contribution in [2.45, 2.75) is 6.92 Å². The maximum absolute atomic E-state index is 13.0. The van der Waals surface area contributed by atoms with Crippen LogP contribution in [-0.4, -0.2) is 42.2 Å². The Morgan fingerprint density at radius 1 is 0.938 bits per heavy atom. The lowest BCUT2D eigenvalue weighted by atomic mass is 10.1. The number of fused-ring (bicyclic) bond motifs is 1. The van der Waals surface area contributed by atoms with Gasteiger partial charge in [0.1, 0.15) is 0 Å². The number of hydrogen-bond acceptors (Lipinski definition) is 7. The van der Waals surface area contributed by atoms with Crippen LogP contribution in [0.2, 0.25) is 0 Å². The number of ether oxygens (including phenoxy) is 2. The van der Waals surface area contributed by atoms with E-state index in [2.05, 4.69) is 5.32 Å². The Kier molecular flexibility index (Phi) is 6.06. The van der Waals surface area contributed by atoms with Gasteiger partial charge in [-0.3, -0.25) is 19.2 Å². The molecule has 0 aliphatic heterocycles. The van der Waals surface area contributed by atoms with Crippen LogP contribution in [0.15, 0.2) is 39.9 Å². The molecule has 0 aliphatic rings. The summed E-state index contributed by atoms with van der Waals surface area (Å²) in [4.78, 5) is 50.4. The number of amides is 1. The first-order chi connectivity index (χ1) is 15.0. The first kappa shape index (κ1) is 22.6. The van der Waals surface area contributed by atoms with Crippen molar-refractivity contribution in [3.8, 4) is 11.5 Å². The fraction of sp³-hybridized carbons (Fsp3) is 0.273. The van der Waals surface area contributed by atoms with E-state index >= 15 is 0 Å². The number of methoxy groups -OCH3 is 1. The topological polar surface area (TPSA) is 112 Å². The molecule has 3 aromatic rings. The average Bonchev–Trinajstić information content (AvgIpc) is 2.75. The zero-order valence-corrected chi connectivity index (χ0v) is 18.7. The minimum Gasteiger partial charge on any atom is -0.493 e. The van der Waals surface area contributed by atoms with Crippen LogP contribution in [0.1, 0.15) is 17.3 Å². The summed E-state index contributed by atoms with van der Waals surface area (Å²) >= 11 is 0. The Morgan fingerprint density at radius 2 is 1.53 bits per heavy atom. The number of esters is 1. The molecule has 0 atom stereocenters. The number of carbonyl (C=O) groups excluding carboxylic acids is 2. The molecular weight excluding hydrogens is 416 g/mol. The quantitative estimate of drug-likeness (QED) is 0.363. The van der Waals surface area contributed by atoms with E-state index in [0.717, 1.165) is 0 Å². The molecule has 2 aromatic carbocycles. The number of nitrogens with zero attached hydrogens (tertiary/aromatic N) is 3. The van der Waals surface area contributed by atoms with Crippen LogP contribution in [0.4, 0.5) is 11.4 Å². The normalized spacial score (nSPS) is 10.7. The van der Waals surface area contributed by atoms with Gasteiger partial charge in [0.25, 0.3) is 5.91 Å². The van der Waals surface area contributed by atoms with Crippen molar-refractivity contribution < 1.29 is 19.1 Å². The van der Waals surface area contributed by atoms with Crippen molar-refractivity contribution in [2.75, 3.05) is 31.4 Å². The van der Waals surface area contributed by atoms with Crippen molar-refractivity contribution in [2.24, 2.45) is 14.1 Å². The maximum Gasteiger partial charge on any atom is 0.316 e. The summed E-state index contributed by atoms with van der Waals surface area (Å²) in [6.07, 6.45) is 0. The van der Waals surface area contributed by atoms with Gasteiger partial charge in [0, 0.05) is 40.7 Å². The third-order valence-corrected chi connectivity index (χ3v) is 5.02. The first-order valence-electron chi connectivity index (χ1n) is 9.64. The lowest BCUT2D eigenvalue weighted by Crippen LogP contribution is -2.39. The van der Waals surface area contributed by atoms with E-state index in [4.69, 9.17) is 9.47 Å². The predicted molar refractivity (Wildman–Crippen MR) is 121 cm³/mol. The number of aromatic nitrogens is 2. The summed E-state index contributed by atoms with van der Waals surface area (Å²) < 4.78 is 12.8. The molecule has 0 saturated carbocycles. The Balaban J connectivity index is 2.09. The Labute approximate surface area is 183 Å². The number of nitrogens with one attached hydrogen (secondary N) is 1. The van der Waals surface area contributed by atoms with Crippen LogP contribution in [0.5, 0.6) is 11.5 Å². The van der Waals surface area contributed by atoms with E-state index in [0.29, 0.717) is 22.4 Å². The highest BCUT2D eigenvalue weighted by Gasteiger charge is 2.18. The van der Waals surface area contributed by atoms with E-state index in [-0.39, 0.29) is 17.1 Å². The zero-order valence-electron chi connectivity index (χ0n) is 18.7. The highest BCUT2D eigenvalue weighted by atomic mass is 16.6. The molecule has 10 heteroatoms. The number of hydrogen-bond donors (Lipinski definition) is 1. The van der Waals surface area contributed by atoms with E-state index in [1.54, 1.807) is 31.1 Å². The van der Waals surface area contributed by atoms with Gasteiger partial charge in [0.15, 0.2) is 11.5 Å². The fourth-order valence-corrected chi connectivity index (χ4v) is 3.32. The molecule has 0 unspecified atom stereocenters. The molecule has 32 heavy (non-hydrogen) atoms. The second-order valence-electron chi connectivity index (χ2n) is 7.39. The van der Waals surface area contributed by atoms with E-state index in [1.807, 2.05) is 0 Å². The number of carbonyl (C=O) groups is 2.